The van der Waals surface area contributed by atoms with Crippen LogP contribution in [-0.4, -0.2) is 98.9 Å². The molecule has 6 unspecified atom stereocenters. The first-order valence-corrected chi connectivity index (χ1v) is 28.2. The maximum Gasteiger partial charge on any atom is 0.472 e. The molecule has 1 fully saturated rings. The SMILES string of the molecule is CCCCCC/C=C\C/C=C\CCCCCCCCCC(=O)OC(COCCCCCCCCCCCCCCCCCCCCCC)COP(=O)(O)OC1C(O)C(O)C(O)C(O)C1O. The van der Waals surface area contributed by atoms with Gasteiger partial charge in [-0.25, -0.2) is 4.57 Å². The van der Waals surface area contributed by atoms with Crippen molar-refractivity contribution in [3.05, 3.63) is 24.3 Å². The summed E-state index contributed by atoms with van der Waals surface area (Å²) in [4.78, 5) is 23.3. The highest BCUT2D eigenvalue weighted by atomic mass is 31.2. The number of phosphoric ester groups is 1. The Morgan fingerprint density at radius 1 is 0.492 bits per heavy atom. The van der Waals surface area contributed by atoms with Crippen LogP contribution in [0.4, 0.5) is 0 Å². The van der Waals surface area contributed by atoms with Crippen molar-refractivity contribution < 1.29 is 58.3 Å². The number of carbonyl (C=O) groups excluding carboxylic acids is 1. The van der Waals surface area contributed by atoms with Gasteiger partial charge in [-0.15, -0.1) is 0 Å². The van der Waals surface area contributed by atoms with Gasteiger partial charge in [-0.3, -0.25) is 13.8 Å². The maximum absolute atomic E-state index is 12.9. The molecule has 6 N–H and O–H groups in total. The van der Waals surface area contributed by atoms with Crippen LogP contribution in [0.3, 0.4) is 0 Å². The molecule has 1 rings (SSSR count). The van der Waals surface area contributed by atoms with Crippen molar-refractivity contribution in [1.82, 2.24) is 0 Å². The Labute approximate surface area is 396 Å². The van der Waals surface area contributed by atoms with Crippen LogP contribution in [0.15, 0.2) is 24.3 Å². The fourth-order valence-corrected chi connectivity index (χ4v) is 9.30. The van der Waals surface area contributed by atoms with Gasteiger partial charge in [0.2, 0.25) is 0 Å². The molecule has 1 aliphatic rings. The van der Waals surface area contributed by atoms with Gasteiger partial charge in [-0.05, 0) is 44.9 Å². The molecule has 0 spiro atoms. The third-order valence-electron chi connectivity index (χ3n) is 12.6. The van der Waals surface area contributed by atoms with Gasteiger partial charge in [0.1, 0.15) is 42.7 Å². The highest BCUT2D eigenvalue weighted by molar-refractivity contribution is 7.47. The predicted molar refractivity (Wildman–Crippen MR) is 263 cm³/mol. The third-order valence-corrected chi connectivity index (χ3v) is 13.6. The molecular formula is C52H99O12P. The van der Waals surface area contributed by atoms with Crippen LogP contribution in [0.5, 0.6) is 0 Å². The van der Waals surface area contributed by atoms with Gasteiger partial charge in [-0.1, -0.05) is 212 Å². The van der Waals surface area contributed by atoms with E-state index in [0.29, 0.717) is 13.0 Å². The van der Waals surface area contributed by atoms with E-state index in [9.17, 15) is 39.8 Å². The summed E-state index contributed by atoms with van der Waals surface area (Å²) < 4.78 is 34.3. The number of aliphatic hydroxyl groups is 5. The molecule has 0 saturated heterocycles. The second-order valence-electron chi connectivity index (χ2n) is 18.7. The summed E-state index contributed by atoms with van der Waals surface area (Å²) in [5, 5.41) is 50.3. The quantitative estimate of drug-likeness (QED) is 0.0147. The van der Waals surface area contributed by atoms with Crippen molar-refractivity contribution in [2.45, 2.75) is 281 Å². The summed E-state index contributed by atoms with van der Waals surface area (Å²) in [7, 11) is -5.02. The average Bonchev–Trinajstić information content (AvgIpc) is 3.29. The molecule has 1 aliphatic carbocycles. The van der Waals surface area contributed by atoms with E-state index in [4.69, 9.17) is 18.5 Å². The molecule has 0 amide bonds. The first kappa shape index (κ1) is 61.8. The lowest BCUT2D eigenvalue weighted by Crippen LogP contribution is -2.64. The Morgan fingerprint density at radius 2 is 0.862 bits per heavy atom. The molecule has 12 nitrogen and oxygen atoms in total. The largest absolute Gasteiger partial charge is 0.472 e. The zero-order chi connectivity index (χ0) is 47.6. The Kier molecular flexibility index (Phi) is 40.8. The topological polar surface area (TPSA) is 192 Å². The molecule has 65 heavy (non-hydrogen) atoms. The van der Waals surface area contributed by atoms with Crippen LogP contribution >= 0.6 is 7.82 Å². The van der Waals surface area contributed by atoms with E-state index in [2.05, 4.69) is 38.2 Å². The maximum atomic E-state index is 12.9. The number of ether oxygens (including phenoxy) is 2. The lowest BCUT2D eigenvalue weighted by molar-refractivity contribution is -0.220. The Bertz CT molecular complexity index is 1170. The number of allylic oxidation sites excluding steroid dienone is 4. The molecule has 0 aliphatic heterocycles. The molecule has 384 valence electrons. The second kappa shape index (κ2) is 42.9. The van der Waals surface area contributed by atoms with Crippen LogP contribution < -0.4 is 0 Å². The summed E-state index contributed by atoms with van der Waals surface area (Å²) in [5.74, 6) is -0.480. The third kappa shape index (κ3) is 34.7. The Morgan fingerprint density at radius 3 is 1.31 bits per heavy atom. The van der Waals surface area contributed by atoms with Crippen molar-refractivity contribution in [3.63, 3.8) is 0 Å². The van der Waals surface area contributed by atoms with Crippen LogP contribution in [0.2, 0.25) is 0 Å². The molecule has 0 aromatic rings. The van der Waals surface area contributed by atoms with E-state index in [0.717, 1.165) is 57.8 Å². The minimum atomic E-state index is -5.02. The molecule has 0 aromatic heterocycles. The van der Waals surface area contributed by atoms with Crippen molar-refractivity contribution in [2.24, 2.45) is 0 Å². The van der Waals surface area contributed by atoms with Crippen LogP contribution in [-0.2, 0) is 27.9 Å². The number of esters is 1. The number of unbranched alkanes of at least 4 members (excludes halogenated alkanes) is 30. The van der Waals surface area contributed by atoms with Crippen LogP contribution in [0.1, 0.15) is 239 Å². The highest BCUT2D eigenvalue weighted by Crippen LogP contribution is 2.47. The molecule has 0 bridgehead atoms. The highest BCUT2D eigenvalue weighted by Gasteiger charge is 2.51. The van der Waals surface area contributed by atoms with Gasteiger partial charge in [0.15, 0.2) is 0 Å². The normalized spacial score (nSPS) is 21.7. The fourth-order valence-electron chi connectivity index (χ4n) is 8.33. The van der Waals surface area contributed by atoms with E-state index in [1.165, 1.54) is 154 Å². The second-order valence-corrected chi connectivity index (χ2v) is 20.1. The van der Waals surface area contributed by atoms with Gasteiger partial charge in [0.05, 0.1) is 13.2 Å². The summed E-state index contributed by atoms with van der Waals surface area (Å²) in [6, 6.07) is 0. The Balaban J connectivity index is 2.32. The number of carbonyl (C=O) groups is 1. The molecule has 0 radical (unpaired) electrons. The number of hydrogen-bond donors (Lipinski definition) is 6. The monoisotopic (exact) mass is 947 g/mol. The van der Waals surface area contributed by atoms with Gasteiger partial charge in [0.25, 0.3) is 0 Å². The fraction of sp³-hybridized carbons (Fsp3) is 0.904. The minimum Gasteiger partial charge on any atom is -0.457 e. The van der Waals surface area contributed by atoms with Crippen molar-refractivity contribution in [2.75, 3.05) is 19.8 Å². The average molecular weight is 947 g/mol. The van der Waals surface area contributed by atoms with Crippen LogP contribution in [0, 0.1) is 0 Å². The summed E-state index contributed by atoms with van der Waals surface area (Å²) in [5.41, 5.74) is 0. The molecule has 0 aromatic carbocycles. The summed E-state index contributed by atoms with van der Waals surface area (Å²) in [6.07, 6.45) is 38.1. The van der Waals surface area contributed by atoms with Crippen molar-refractivity contribution in [1.29, 1.82) is 0 Å². The van der Waals surface area contributed by atoms with Gasteiger partial charge >= 0.3 is 13.8 Å². The summed E-state index contributed by atoms with van der Waals surface area (Å²) >= 11 is 0. The van der Waals surface area contributed by atoms with Gasteiger partial charge in [-0.2, -0.15) is 0 Å². The van der Waals surface area contributed by atoms with E-state index >= 15 is 0 Å². The van der Waals surface area contributed by atoms with Gasteiger partial charge in [0, 0.05) is 13.0 Å². The summed E-state index contributed by atoms with van der Waals surface area (Å²) in [6.45, 7) is 4.28. The zero-order valence-electron chi connectivity index (χ0n) is 41.3. The van der Waals surface area contributed by atoms with Crippen LogP contribution in [0.25, 0.3) is 0 Å². The van der Waals surface area contributed by atoms with E-state index < -0.39 is 63.1 Å². The molecule has 6 atom stereocenters. The number of rotatable bonds is 46. The standard InChI is InChI=1S/C52H99O12P/c1-3-5-7-9-11-13-15-17-19-21-23-24-26-28-30-32-34-36-38-40-42-61-43-45(44-62-65(59,60)64-52-50(57)48(55)47(54)49(56)51(52)58)63-46(53)41-39-37-35-33-31-29-27-25-22-20-18-16-14-12-10-8-6-4-2/h14,16,20,22,45,47-52,54-58H,3-13,15,17-19,21,23-44H2,1-2H3,(H,59,60)/b16-14-,22-20-. The first-order valence-electron chi connectivity index (χ1n) is 26.7. The van der Waals surface area contributed by atoms with E-state index in [1.54, 1.807) is 0 Å². The number of hydrogen-bond acceptors (Lipinski definition) is 11. The van der Waals surface area contributed by atoms with Crippen molar-refractivity contribution in [3.8, 4) is 0 Å². The predicted octanol–water partition coefficient (Wildman–Crippen LogP) is 12.0. The molecular weight excluding hydrogens is 848 g/mol. The van der Waals surface area contributed by atoms with Crippen molar-refractivity contribution >= 4 is 13.8 Å². The van der Waals surface area contributed by atoms with E-state index in [1.807, 2.05) is 0 Å². The molecule has 0 heterocycles. The number of phosphoric acid groups is 1. The minimum absolute atomic E-state index is 0.0752. The Hall–Kier alpha value is -1.18. The smallest absolute Gasteiger partial charge is 0.457 e. The molecule has 1 saturated carbocycles. The van der Waals surface area contributed by atoms with Gasteiger partial charge < -0.3 is 39.9 Å². The lowest BCUT2D eigenvalue weighted by atomic mass is 9.85. The lowest BCUT2D eigenvalue weighted by Gasteiger charge is -2.41. The molecule has 13 heteroatoms. The first-order chi connectivity index (χ1) is 31.5. The van der Waals surface area contributed by atoms with E-state index in [-0.39, 0.29) is 13.0 Å². The zero-order valence-corrected chi connectivity index (χ0v) is 42.2. The number of aliphatic hydroxyl groups excluding tert-OH is 5.